The Balaban J connectivity index is 0.0000114. The molecule has 6 aliphatic rings. The minimum atomic E-state index is -1.18. The van der Waals surface area contributed by atoms with Crippen LogP contribution in [0.4, 0.5) is 0 Å². The molecule has 0 radical (unpaired) electrons. The first kappa shape index (κ1) is 87.5. The van der Waals surface area contributed by atoms with Gasteiger partial charge >= 0.3 is 23.1 Å². The molecule has 640 valence electrons. The molecule has 1 saturated heterocycles. The van der Waals surface area contributed by atoms with Crippen LogP contribution in [-0.4, -0.2) is 95.4 Å². The van der Waals surface area contributed by atoms with E-state index in [2.05, 4.69) is 253 Å². The fraction of sp³-hybridized carbons (Fsp3) is 0.449. The van der Waals surface area contributed by atoms with E-state index in [-0.39, 0.29) is 77.3 Å². The van der Waals surface area contributed by atoms with Crippen molar-refractivity contribution in [3.05, 3.63) is 203 Å². The molecule has 0 amide bonds. The quantitative estimate of drug-likeness (QED) is 0.0330. The second-order valence-electron chi connectivity index (χ2n) is 35.0. The third-order valence-electron chi connectivity index (χ3n) is 27.2. The van der Waals surface area contributed by atoms with Crippen LogP contribution in [0, 0.1) is 11.8 Å². The molecule has 7 heterocycles. The second-order valence-corrected chi connectivity index (χ2v) is 35.0. The molecule has 11 aromatic rings. The van der Waals surface area contributed by atoms with Gasteiger partial charge in [-0.2, -0.15) is 0 Å². The van der Waals surface area contributed by atoms with Crippen LogP contribution in [0.25, 0.3) is 101 Å². The molecule has 17 heteroatoms. The number of hydrogen-bond acceptors (Lipinski definition) is 14. The molecule has 0 spiro atoms. The van der Waals surface area contributed by atoms with E-state index in [0.717, 1.165) is 209 Å². The number of hydrogen-bond donors (Lipinski definition) is 0. The Morgan fingerprint density at radius 1 is 0.323 bits per heavy atom. The van der Waals surface area contributed by atoms with Crippen LogP contribution in [0.2, 0.25) is 0 Å². The Hall–Kier alpha value is -9.94. The fourth-order valence-electron chi connectivity index (χ4n) is 20.6. The molecule has 12 atom stereocenters. The van der Waals surface area contributed by atoms with Gasteiger partial charge in [-0.25, -0.2) is 9.97 Å². The summed E-state index contributed by atoms with van der Waals surface area (Å²) in [6, 6.07) is 59.4. The average Bonchev–Trinajstić information content (AvgIpc) is 1.45. The van der Waals surface area contributed by atoms with Crippen molar-refractivity contribution in [3.8, 4) is 80.0 Å². The van der Waals surface area contributed by atoms with Crippen molar-refractivity contribution in [1.29, 1.82) is 0 Å². The summed E-state index contributed by atoms with van der Waals surface area (Å²) in [6.07, 6.45) is 20.7. The number of carbonyl (C=O) groups is 1. The first-order valence-electron chi connectivity index (χ1n) is 46.9. The number of nitrogens with zero attached hydrogens (tertiary/aromatic N) is 8. The van der Waals surface area contributed by atoms with Crippen LogP contribution in [-0.2, 0) is 20.4 Å². The van der Waals surface area contributed by atoms with E-state index in [9.17, 15) is 0 Å². The molecule has 3 aromatic heterocycles. The maximum atomic E-state index is 17.7. The zero-order valence-electron chi connectivity index (χ0n) is 75.0. The third kappa shape index (κ3) is 16.0. The number of carbonyl (C=O) groups excluding carboxylic acids is 1. The standard InChI is InChI=1S/C107H122N8O8.Mg/c1-13-25-51-69(19-7)117-85-59-79-81(61-87(85)119-71(21-9)53-27-15-3)101-111-99(79)109-97-77-57-75-76(96-94-93(95(75)123-96)106(67-47-39-33-40-48-67)91(65-43-35-31-36-44-65)92(66-45-37-32-38-46-66)107(94,105(106)116)68-49-41-34-42-50-68)58-78(77)98(108-97)110-100-80-60-86(118-70(20-8)52-26-14-2)88(120-72(22-10)54-28-16-4)62-82(80)102(112-100)114-104-84-64-90(122-74(24-12)56-30-18-6)89(63-83(84)103(113-101)115-104)121-73(23-11)55-29-17-5;/h31-50,57-64,69-74,93-96H,13-30,51-56H2,1-12H3;/q-2;+2/t69?,70?,71?,72?,73?,74?,93?,94?,95-,96+,106+,107-;. The number of fused-ring (bicyclic) bond motifs is 32. The van der Waals surface area contributed by atoms with E-state index in [1.807, 2.05) is 0 Å². The normalized spacial score (nSPS) is 19.7. The molecule has 1 saturated carbocycles. The van der Waals surface area contributed by atoms with Gasteiger partial charge in [-0.15, -0.1) is 0 Å². The summed E-state index contributed by atoms with van der Waals surface area (Å²) in [5, 5.41) is 2.87. The Labute approximate surface area is 748 Å². The van der Waals surface area contributed by atoms with Crippen molar-refractivity contribution < 1.29 is 38.0 Å². The van der Waals surface area contributed by atoms with Crippen molar-refractivity contribution in [2.24, 2.45) is 11.8 Å². The molecule has 12 bridgehead atoms. The van der Waals surface area contributed by atoms with Gasteiger partial charge in [0, 0.05) is 56.7 Å². The van der Waals surface area contributed by atoms with Gasteiger partial charge < -0.3 is 63.1 Å². The van der Waals surface area contributed by atoms with Gasteiger partial charge in [-0.05, 0) is 192 Å². The van der Waals surface area contributed by atoms with Crippen LogP contribution in [0.3, 0.4) is 0 Å². The predicted octanol–water partition coefficient (Wildman–Crippen LogP) is 26.3. The van der Waals surface area contributed by atoms with Crippen molar-refractivity contribution in [2.45, 2.75) is 297 Å². The summed E-state index contributed by atoms with van der Waals surface area (Å²) < 4.78 is 51.5. The van der Waals surface area contributed by atoms with Gasteiger partial charge in [-0.3, -0.25) is 4.79 Å². The van der Waals surface area contributed by atoms with Gasteiger partial charge in [0.2, 0.25) is 0 Å². The van der Waals surface area contributed by atoms with E-state index in [1.165, 1.54) is 0 Å². The summed E-state index contributed by atoms with van der Waals surface area (Å²) >= 11 is 0. The first-order valence-corrected chi connectivity index (χ1v) is 46.9. The summed E-state index contributed by atoms with van der Waals surface area (Å²) in [5.74, 6) is 4.65. The van der Waals surface area contributed by atoms with Crippen molar-refractivity contribution in [3.63, 3.8) is 0 Å². The Morgan fingerprint density at radius 3 is 0.815 bits per heavy atom. The summed E-state index contributed by atoms with van der Waals surface area (Å²) in [4.78, 5) is 63.5. The molecule has 16 nitrogen and oxygen atoms in total. The maximum absolute atomic E-state index is 17.7. The van der Waals surface area contributed by atoms with Crippen molar-refractivity contribution in [2.75, 3.05) is 0 Å². The topological polar surface area (TPSA) is 187 Å². The molecular formula is C107H122MgN8O8. The van der Waals surface area contributed by atoms with Crippen LogP contribution in [0.5, 0.6) is 34.5 Å². The fourth-order valence-corrected chi connectivity index (χ4v) is 20.6. The first-order chi connectivity index (χ1) is 60.3. The molecule has 2 aliphatic carbocycles. The Morgan fingerprint density at radius 2 is 0.565 bits per heavy atom. The summed E-state index contributed by atoms with van der Waals surface area (Å²) in [7, 11) is 0. The zero-order valence-corrected chi connectivity index (χ0v) is 76.4. The smallest absolute Gasteiger partial charge is 0.487 e. The van der Waals surface area contributed by atoms with E-state index in [0.29, 0.717) is 113 Å². The van der Waals surface area contributed by atoms with Gasteiger partial charge in [0.05, 0.1) is 83.0 Å². The average molecular weight is 1670 g/mol. The third-order valence-corrected chi connectivity index (χ3v) is 27.2. The summed E-state index contributed by atoms with van der Waals surface area (Å²) in [5.41, 5.74) is 9.85. The van der Waals surface area contributed by atoms with Gasteiger partial charge in [0.15, 0.2) is 40.3 Å². The number of benzene rings is 8. The number of rotatable bonds is 40. The molecule has 4 aliphatic heterocycles. The molecule has 124 heavy (non-hydrogen) atoms. The van der Waals surface area contributed by atoms with E-state index in [1.54, 1.807) is 0 Å². The number of ketones is 1. The Kier molecular flexibility index (Phi) is 27.2. The van der Waals surface area contributed by atoms with E-state index >= 15 is 4.79 Å². The number of allylic oxidation sites excluding steroid dienone is 2. The van der Waals surface area contributed by atoms with Crippen LogP contribution in [0.1, 0.15) is 283 Å². The van der Waals surface area contributed by atoms with Gasteiger partial charge in [-0.1, -0.05) is 281 Å². The second kappa shape index (κ2) is 38.5. The van der Waals surface area contributed by atoms with E-state index < -0.39 is 23.0 Å². The predicted molar refractivity (Wildman–Crippen MR) is 500 cm³/mol. The van der Waals surface area contributed by atoms with Crippen LogP contribution in [0.15, 0.2) is 170 Å². The number of unbranched alkanes of at least 4 members (excludes halogenated alkanes) is 6. The number of ether oxygens (including phenoxy) is 7. The molecule has 8 aromatic carbocycles. The molecule has 2 fully saturated rings. The number of aromatic nitrogens is 8. The minimum absolute atomic E-state index is 0. The largest absolute Gasteiger partial charge is 2.00 e. The molecule has 17 rings (SSSR count). The van der Waals surface area contributed by atoms with Gasteiger partial charge in [0.25, 0.3) is 0 Å². The van der Waals surface area contributed by atoms with Crippen molar-refractivity contribution >= 4 is 84.1 Å². The minimum Gasteiger partial charge on any atom is -0.487 e. The van der Waals surface area contributed by atoms with Crippen LogP contribution < -0.4 is 38.4 Å². The van der Waals surface area contributed by atoms with Crippen molar-refractivity contribution in [1.82, 2.24) is 39.9 Å². The zero-order chi connectivity index (χ0) is 85.0. The molecular weight excluding hydrogens is 1550 g/mol. The monoisotopic (exact) mass is 1670 g/mol. The molecule has 8 unspecified atom stereocenters. The Bertz CT molecular complexity index is 5490. The maximum Gasteiger partial charge on any atom is 2.00 e. The van der Waals surface area contributed by atoms with Crippen LogP contribution >= 0.6 is 0 Å². The van der Waals surface area contributed by atoms with E-state index in [4.69, 9.17) is 73.0 Å². The number of Topliss-reactive ketones (excluding diaryl/α,β-unsaturated/α-hetero) is 1. The van der Waals surface area contributed by atoms with Gasteiger partial charge in [0.1, 0.15) is 0 Å². The summed E-state index contributed by atoms with van der Waals surface area (Å²) in [6.45, 7) is 26.5. The molecule has 0 N–H and O–H groups in total. The SMILES string of the molecule is CCCCC(CC)Oc1cc2c(cc1OC(CC)CCCC)-c1nc-2nc2[n-]c(nc3nc(nc4[n-]c(n1)c1cc5c(cc41)[C@@H]1O[C@H]5C4C1[C@]1(c5ccccc5)C(=O)[C@@]4(c4ccccc4)C(c4ccccc4)=C1c1ccccc1)-c1cc(OC(CC)CCCC)c(OC(CC)CCCC)cc1-3)c1cc(OC(CC)CCCC)c(OC(CC)CCCC)cc21.[Mg+2].